The fraction of sp³-hybridized carbons (Fsp3) is 0.312. The lowest BCUT2D eigenvalue weighted by Gasteiger charge is -2.33. The number of ketones is 2. The van der Waals surface area contributed by atoms with E-state index >= 15 is 0 Å². The maximum atomic E-state index is 13.0. The second kappa shape index (κ2) is 13.4. The first-order chi connectivity index (χ1) is 22.7. The molecule has 6 rings (SSSR count). The topological polar surface area (TPSA) is 226 Å². The molecule has 2 aliphatic carbocycles. The second-order valence-electron chi connectivity index (χ2n) is 11.4. The molecule has 252 valence electrons. The molecule has 6 N–H and O–H groups in total. The van der Waals surface area contributed by atoms with Crippen molar-refractivity contribution >= 4 is 70.0 Å². The summed E-state index contributed by atoms with van der Waals surface area (Å²) in [5, 5.41) is 43.2. The number of halogens is 2. The Balaban J connectivity index is 0.000000188. The number of fused-ring (bicyclic) bond motifs is 4. The van der Waals surface area contributed by atoms with Gasteiger partial charge in [-0.2, -0.15) is 0 Å². The second-order valence-corrected chi connectivity index (χ2v) is 12.3. The number of hydrogen-bond donors (Lipinski definition) is 6. The number of amides is 2. The predicted octanol–water partition coefficient (Wildman–Crippen LogP) is 2.10. The summed E-state index contributed by atoms with van der Waals surface area (Å²) in [6.45, 7) is -0.451. The average Bonchev–Trinajstić information content (AvgIpc) is 3.74. The molecule has 0 saturated carbocycles. The SMILES string of the molecule is O=C(O)CNC(=O)C1=C(O)c2cc(Cl)ccc2[C@@]2(CCOC2)C1=O.O=C(O)CNC(=O)C1=C(O)c2cc(Cl)ccc2[C@]2(CCOC2)C1=O. The number of aliphatic carboxylic acids is 2. The van der Waals surface area contributed by atoms with Gasteiger partial charge in [-0.15, -0.1) is 0 Å². The summed E-state index contributed by atoms with van der Waals surface area (Å²) in [5.41, 5.74) is -1.37. The van der Waals surface area contributed by atoms with Gasteiger partial charge >= 0.3 is 11.9 Å². The highest BCUT2D eigenvalue weighted by Crippen LogP contribution is 2.46. The molecule has 48 heavy (non-hydrogen) atoms. The molecule has 2 aromatic carbocycles. The summed E-state index contributed by atoms with van der Waals surface area (Å²) in [6, 6.07) is 9.46. The lowest BCUT2D eigenvalue weighted by molar-refractivity contribution is -0.138. The molecule has 2 fully saturated rings. The number of ether oxygens (including phenoxy) is 2. The largest absolute Gasteiger partial charge is 0.506 e. The van der Waals surface area contributed by atoms with Crippen molar-refractivity contribution in [3.8, 4) is 0 Å². The van der Waals surface area contributed by atoms with Gasteiger partial charge < -0.3 is 40.5 Å². The zero-order valence-electron chi connectivity index (χ0n) is 24.9. The van der Waals surface area contributed by atoms with E-state index in [-0.39, 0.29) is 24.3 Å². The summed E-state index contributed by atoms with van der Waals surface area (Å²) in [5.74, 6) is -6.53. The molecule has 0 bridgehead atoms. The Labute approximate surface area is 281 Å². The predicted molar refractivity (Wildman–Crippen MR) is 168 cm³/mol. The lowest BCUT2D eigenvalue weighted by Crippen LogP contribution is -2.45. The van der Waals surface area contributed by atoms with Gasteiger partial charge in [0.1, 0.15) is 35.8 Å². The number of carboxylic acids is 2. The van der Waals surface area contributed by atoms with Crippen molar-refractivity contribution < 1.29 is 58.7 Å². The van der Waals surface area contributed by atoms with Crippen molar-refractivity contribution in [1.82, 2.24) is 10.6 Å². The molecule has 2 heterocycles. The molecule has 16 heteroatoms. The van der Waals surface area contributed by atoms with Gasteiger partial charge in [-0.1, -0.05) is 35.3 Å². The number of benzene rings is 2. The summed E-state index contributed by atoms with van der Waals surface area (Å²) in [4.78, 5) is 71.7. The zero-order chi connectivity index (χ0) is 35.0. The molecule has 0 aromatic heterocycles. The Morgan fingerprint density at radius 1 is 0.688 bits per heavy atom. The molecular formula is C32H28Cl2N2O12. The Bertz CT molecular complexity index is 1690. The van der Waals surface area contributed by atoms with Gasteiger partial charge in [-0.3, -0.25) is 28.8 Å². The highest BCUT2D eigenvalue weighted by molar-refractivity contribution is 6.33. The third-order valence-electron chi connectivity index (χ3n) is 8.60. The summed E-state index contributed by atoms with van der Waals surface area (Å²) >= 11 is 12.0. The van der Waals surface area contributed by atoms with Crippen LogP contribution in [-0.4, -0.2) is 95.3 Å². The van der Waals surface area contributed by atoms with Crippen LogP contribution in [0.1, 0.15) is 35.1 Å². The highest BCUT2D eigenvalue weighted by Gasteiger charge is 2.53. The van der Waals surface area contributed by atoms with E-state index in [0.717, 1.165) is 0 Å². The van der Waals surface area contributed by atoms with Crippen LogP contribution in [0.3, 0.4) is 0 Å². The number of Topliss-reactive ketones (excluding diaryl/α,β-unsaturated/α-hetero) is 2. The first-order valence-corrected chi connectivity index (χ1v) is 15.2. The van der Waals surface area contributed by atoms with Crippen LogP contribution in [0.25, 0.3) is 11.5 Å². The summed E-state index contributed by atoms with van der Waals surface area (Å²) < 4.78 is 10.7. The van der Waals surface area contributed by atoms with Gasteiger partial charge in [0, 0.05) is 34.4 Å². The van der Waals surface area contributed by atoms with E-state index in [9.17, 15) is 39.0 Å². The molecule has 0 unspecified atom stereocenters. The van der Waals surface area contributed by atoms with Gasteiger partial charge in [0.25, 0.3) is 11.8 Å². The van der Waals surface area contributed by atoms with Crippen LogP contribution in [0.4, 0.5) is 0 Å². The number of aliphatic hydroxyl groups is 2. The first kappa shape index (κ1) is 34.6. The van der Waals surface area contributed by atoms with Crippen molar-refractivity contribution in [3.63, 3.8) is 0 Å². The van der Waals surface area contributed by atoms with Crippen LogP contribution in [0.5, 0.6) is 0 Å². The molecule has 14 nitrogen and oxygen atoms in total. The minimum atomic E-state index is -1.26. The Hall–Kier alpha value is -4.76. The van der Waals surface area contributed by atoms with Crippen LogP contribution in [0.15, 0.2) is 47.5 Å². The van der Waals surface area contributed by atoms with Crippen LogP contribution in [-0.2, 0) is 49.1 Å². The van der Waals surface area contributed by atoms with E-state index in [1.54, 1.807) is 24.3 Å². The Kier molecular flexibility index (Phi) is 9.65. The maximum absolute atomic E-state index is 13.0. The van der Waals surface area contributed by atoms with E-state index in [1.165, 1.54) is 12.1 Å². The van der Waals surface area contributed by atoms with E-state index in [4.69, 9.17) is 42.9 Å². The Morgan fingerprint density at radius 2 is 1.06 bits per heavy atom. The molecule has 2 spiro atoms. The van der Waals surface area contributed by atoms with E-state index in [1.807, 2.05) is 0 Å². The number of nitrogens with one attached hydrogen (secondary N) is 2. The van der Waals surface area contributed by atoms with E-state index in [0.29, 0.717) is 47.2 Å². The monoisotopic (exact) mass is 702 g/mol. The third-order valence-corrected chi connectivity index (χ3v) is 9.07. The van der Waals surface area contributed by atoms with Crippen molar-refractivity contribution in [1.29, 1.82) is 0 Å². The molecule has 2 aliphatic heterocycles. The van der Waals surface area contributed by atoms with E-state index < -0.39 is 81.9 Å². The molecule has 2 atom stereocenters. The third kappa shape index (κ3) is 6.03. The van der Waals surface area contributed by atoms with Gasteiger partial charge in [0.15, 0.2) is 11.6 Å². The lowest BCUT2D eigenvalue weighted by atomic mass is 9.68. The number of carbonyl (C=O) groups excluding carboxylic acids is 4. The molecule has 2 aromatic rings. The summed E-state index contributed by atoms with van der Waals surface area (Å²) in [6.07, 6.45) is 0.729. The minimum Gasteiger partial charge on any atom is -0.506 e. The highest BCUT2D eigenvalue weighted by atomic mass is 35.5. The summed E-state index contributed by atoms with van der Waals surface area (Å²) in [7, 11) is 0. The van der Waals surface area contributed by atoms with Gasteiger partial charge in [-0.25, -0.2) is 0 Å². The first-order valence-electron chi connectivity index (χ1n) is 14.5. The maximum Gasteiger partial charge on any atom is 0.322 e. The van der Waals surface area contributed by atoms with Gasteiger partial charge in [-0.05, 0) is 48.2 Å². The molecule has 0 radical (unpaired) electrons. The quantitative estimate of drug-likeness (QED) is 0.238. The fourth-order valence-corrected chi connectivity index (χ4v) is 6.63. The number of carboxylic acid groups (broad SMARTS) is 2. The van der Waals surface area contributed by atoms with Crippen molar-refractivity contribution in [2.24, 2.45) is 0 Å². The number of aliphatic hydroxyl groups excluding tert-OH is 2. The van der Waals surface area contributed by atoms with Crippen molar-refractivity contribution in [3.05, 3.63) is 79.8 Å². The smallest absolute Gasteiger partial charge is 0.322 e. The van der Waals surface area contributed by atoms with Crippen molar-refractivity contribution in [2.45, 2.75) is 23.7 Å². The number of rotatable bonds is 6. The van der Waals surface area contributed by atoms with Crippen LogP contribution < -0.4 is 10.6 Å². The average molecular weight is 703 g/mol. The number of carbonyl (C=O) groups is 6. The van der Waals surface area contributed by atoms with E-state index in [2.05, 4.69) is 10.6 Å². The number of hydrogen-bond acceptors (Lipinski definition) is 10. The standard InChI is InChI=1S/2C16H14ClNO6/c2*17-8-1-2-10-9(5-8)13(21)12(15(23)18-6-11(19)20)14(22)16(10)3-4-24-7-16/h2*1-2,5,21H,3-4,6-7H2,(H,18,23)(H,19,20)/t2*16-/m10/s1. The zero-order valence-corrected chi connectivity index (χ0v) is 26.4. The molecule has 4 aliphatic rings. The Morgan fingerprint density at radius 3 is 1.38 bits per heavy atom. The normalized spacial score (nSPS) is 22.6. The van der Waals surface area contributed by atoms with Gasteiger partial charge in [0.05, 0.1) is 24.0 Å². The molecule has 2 saturated heterocycles. The van der Waals surface area contributed by atoms with Crippen LogP contribution in [0.2, 0.25) is 10.0 Å². The van der Waals surface area contributed by atoms with Crippen LogP contribution >= 0.6 is 23.2 Å². The van der Waals surface area contributed by atoms with Gasteiger partial charge in [0.2, 0.25) is 0 Å². The van der Waals surface area contributed by atoms with Crippen molar-refractivity contribution in [2.75, 3.05) is 39.5 Å². The molecular weight excluding hydrogens is 675 g/mol. The van der Waals surface area contributed by atoms with Crippen LogP contribution in [0, 0.1) is 0 Å². The molecule has 2 amide bonds. The minimum absolute atomic E-state index is 0.0868. The fourth-order valence-electron chi connectivity index (χ4n) is 6.29.